The van der Waals surface area contributed by atoms with Gasteiger partial charge in [-0.3, -0.25) is 0 Å². The normalized spacial score (nSPS) is 13.4. The van der Waals surface area contributed by atoms with E-state index in [9.17, 15) is 0 Å². The molecular formula is C24H19N2O+. The fourth-order valence-electron chi connectivity index (χ4n) is 3.61. The molecule has 0 N–H and O–H groups in total. The van der Waals surface area contributed by atoms with Gasteiger partial charge in [-0.1, -0.05) is 36.4 Å². The van der Waals surface area contributed by atoms with E-state index >= 15 is 0 Å². The van der Waals surface area contributed by atoms with Gasteiger partial charge in [0.15, 0.2) is 11.8 Å². The van der Waals surface area contributed by atoms with Crippen LogP contribution >= 0.6 is 0 Å². The molecule has 0 amide bonds. The summed E-state index contributed by atoms with van der Waals surface area (Å²) in [6, 6.07) is 21.4. The second-order valence-corrected chi connectivity index (χ2v) is 6.60. The molecule has 0 aliphatic carbocycles. The highest BCUT2D eigenvalue weighted by Gasteiger charge is 2.20. The van der Waals surface area contributed by atoms with Gasteiger partial charge in [0.05, 0.1) is 5.56 Å². The highest BCUT2D eigenvalue weighted by molar-refractivity contribution is 6.09. The summed E-state index contributed by atoms with van der Waals surface area (Å²) in [5.74, 6) is 0. The molecule has 3 aromatic heterocycles. The number of pyridine rings is 2. The Labute approximate surface area is 161 Å². The summed E-state index contributed by atoms with van der Waals surface area (Å²) in [7, 11) is 1.98. The van der Waals surface area contributed by atoms with Crippen molar-refractivity contribution in [1.29, 1.82) is 0 Å². The molecule has 0 aliphatic rings. The molecule has 5 rings (SSSR count). The first-order valence-corrected chi connectivity index (χ1v) is 8.80. The fraction of sp³-hybridized carbons (Fsp3) is 0.0833. The summed E-state index contributed by atoms with van der Waals surface area (Å²) in [6.07, 6.45) is 3.71. The molecule has 27 heavy (non-hydrogen) atoms. The van der Waals surface area contributed by atoms with Crippen molar-refractivity contribution in [2.45, 2.75) is 6.85 Å². The van der Waals surface area contributed by atoms with Crippen molar-refractivity contribution in [3.05, 3.63) is 84.7 Å². The SMILES string of the molecule is [2H]C([2H])([2H])c1ccc(-c2ccc(-c3ccccc3)c[n+]2C)c2oc3ncccc3c12. The molecule has 2 aromatic carbocycles. The van der Waals surface area contributed by atoms with E-state index in [2.05, 4.69) is 29.4 Å². The van der Waals surface area contributed by atoms with Gasteiger partial charge in [0.1, 0.15) is 7.05 Å². The monoisotopic (exact) mass is 354 g/mol. The Hall–Kier alpha value is -3.46. The maximum atomic E-state index is 7.98. The molecular weight excluding hydrogens is 332 g/mol. The molecule has 5 aromatic rings. The van der Waals surface area contributed by atoms with Crippen molar-refractivity contribution in [2.24, 2.45) is 7.05 Å². The summed E-state index contributed by atoms with van der Waals surface area (Å²) in [6.45, 7) is -2.25. The Balaban J connectivity index is 1.76. The lowest BCUT2D eigenvalue weighted by atomic mass is 10.0. The number of benzene rings is 2. The average molecular weight is 354 g/mol. The predicted octanol–water partition coefficient (Wildman–Crippen LogP) is 5.45. The lowest BCUT2D eigenvalue weighted by Crippen LogP contribution is -2.30. The van der Waals surface area contributed by atoms with Crippen LogP contribution in [-0.2, 0) is 7.05 Å². The first-order chi connectivity index (χ1) is 14.4. The lowest BCUT2D eigenvalue weighted by Gasteiger charge is -2.05. The predicted molar refractivity (Wildman–Crippen MR) is 108 cm³/mol. The molecule has 0 radical (unpaired) electrons. The maximum Gasteiger partial charge on any atom is 0.227 e. The van der Waals surface area contributed by atoms with Crippen molar-refractivity contribution < 1.29 is 13.1 Å². The molecule has 0 saturated carbocycles. The Morgan fingerprint density at radius 1 is 0.926 bits per heavy atom. The van der Waals surface area contributed by atoms with E-state index in [0.717, 1.165) is 22.4 Å². The van der Waals surface area contributed by atoms with Crippen LogP contribution in [0.25, 0.3) is 44.5 Å². The van der Waals surface area contributed by atoms with Crippen LogP contribution in [0.2, 0.25) is 0 Å². The molecule has 0 aliphatic heterocycles. The molecule has 0 fully saturated rings. The summed E-state index contributed by atoms with van der Waals surface area (Å²) in [5, 5.41) is 1.31. The summed E-state index contributed by atoms with van der Waals surface area (Å²) < 4.78 is 32.0. The minimum Gasteiger partial charge on any atom is -0.437 e. The average Bonchev–Trinajstić information content (AvgIpc) is 3.13. The van der Waals surface area contributed by atoms with E-state index in [1.807, 2.05) is 48.0 Å². The molecule has 0 spiro atoms. The van der Waals surface area contributed by atoms with Gasteiger partial charge < -0.3 is 4.42 Å². The van der Waals surface area contributed by atoms with Gasteiger partial charge in [0.25, 0.3) is 0 Å². The van der Waals surface area contributed by atoms with Crippen molar-refractivity contribution in [3.8, 4) is 22.4 Å². The van der Waals surface area contributed by atoms with Gasteiger partial charge in [0, 0.05) is 32.7 Å². The topological polar surface area (TPSA) is 29.9 Å². The number of nitrogens with zero attached hydrogens (tertiary/aromatic N) is 2. The number of rotatable bonds is 2. The lowest BCUT2D eigenvalue weighted by molar-refractivity contribution is -0.659. The molecule has 3 nitrogen and oxygen atoms in total. The number of hydrogen-bond acceptors (Lipinski definition) is 2. The number of aromatic nitrogens is 2. The quantitative estimate of drug-likeness (QED) is 0.395. The summed E-state index contributed by atoms with van der Waals surface area (Å²) in [5.41, 5.74) is 5.25. The highest BCUT2D eigenvalue weighted by Crippen LogP contribution is 2.36. The van der Waals surface area contributed by atoms with Crippen molar-refractivity contribution >= 4 is 22.1 Å². The molecule has 3 heterocycles. The second kappa shape index (κ2) is 6.06. The standard InChI is InChI=1S/C24H19N2O/c1-16-10-12-19(23-22(16)20-9-6-14-25-24(20)27-23)21-13-11-18(15-26(21)2)17-7-4-3-5-8-17/h3-15H,1-2H3/q+1/i1D3. The Bertz CT molecular complexity index is 1390. The van der Waals surface area contributed by atoms with Crippen LogP contribution in [0.4, 0.5) is 0 Å². The van der Waals surface area contributed by atoms with Gasteiger partial charge >= 0.3 is 0 Å². The Morgan fingerprint density at radius 3 is 2.63 bits per heavy atom. The highest BCUT2D eigenvalue weighted by atomic mass is 16.3. The van der Waals surface area contributed by atoms with E-state index in [0.29, 0.717) is 22.1 Å². The van der Waals surface area contributed by atoms with E-state index in [1.165, 1.54) is 0 Å². The summed E-state index contributed by atoms with van der Waals surface area (Å²) >= 11 is 0. The molecule has 0 atom stereocenters. The third-order valence-corrected chi connectivity index (χ3v) is 4.91. The second-order valence-electron chi connectivity index (χ2n) is 6.60. The third-order valence-electron chi connectivity index (χ3n) is 4.91. The van der Waals surface area contributed by atoms with Crippen LogP contribution in [0.3, 0.4) is 0 Å². The number of fused-ring (bicyclic) bond motifs is 3. The van der Waals surface area contributed by atoms with Crippen LogP contribution in [0.15, 0.2) is 83.5 Å². The van der Waals surface area contributed by atoms with Gasteiger partial charge in [0.2, 0.25) is 11.4 Å². The van der Waals surface area contributed by atoms with E-state index in [-0.39, 0.29) is 5.56 Å². The van der Waals surface area contributed by atoms with Gasteiger partial charge in [-0.15, -0.1) is 0 Å². The number of furan rings is 1. The largest absolute Gasteiger partial charge is 0.437 e. The van der Waals surface area contributed by atoms with Crippen molar-refractivity contribution in [3.63, 3.8) is 0 Å². The van der Waals surface area contributed by atoms with Crippen LogP contribution < -0.4 is 4.57 Å². The zero-order chi connectivity index (χ0) is 20.9. The van der Waals surface area contributed by atoms with Crippen molar-refractivity contribution in [2.75, 3.05) is 0 Å². The number of hydrogen-bond donors (Lipinski definition) is 0. The maximum absolute atomic E-state index is 7.98. The third kappa shape index (κ3) is 2.51. The smallest absolute Gasteiger partial charge is 0.227 e. The molecule has 0 saturated heterocycles. The number of aryl methyl sites for hydroxylation is 2. The molecule has 3 heteroatoms. The Morgan fingerprint density at radius 2 is 1.81 bits per heavy atom. The Kier molecular flexibility index (Phi) is 2.88. The zero-order valence-corrected chi connectivity index (χ0v) is 14.8. The fourth-order valence-corrected chi connectivity index (χ4v) is 3.61. The molecule has 0 unspecified atom stereocenters. The minimum absolute atomic E-state index is 0.275. The van der Waals surface area contributed by atoms with E-state index in [4.69, 9.17) is 8.53 Å². The molecule has 130 valence electrons. The van der Waals surface area contributed by atoms with Gasteiger partial charge in [-0.05, 0) is 42.2 Å². The van der Waals surface area contributed by atoms with Crippen molar-refractivity contribution in [1.82, 2.24) is 4.98 Å². The van der Waals surface area contributed by atoms with Gasteiger partial charge in [-0.2, -0.15) is 0 Å². The van der Waals surface area contributed by atoms with Crippen LogP contribution in [0, 0.1) is 6.85 Å². The van der Waals surface area contributed by atoms with Crippen LogP contribution in [0.1, 0.15) is 9.68 Å². The van der Waals surface area contributed by atoms with E-state index in [1.54, 1.807) is 18.3 Å². The van der Waals surface area contributed by atoms with Crippen LogP contribution in [-0.4, -0.2) is 4.98 Å². The first kappa shape index (κ1) is 12.8. The van der Waals surface area contributed by atoms with Crippen LogP contribution in [0.5, 0.6) is 0 Å². The molecule has 0 bridgehead atoms. The zero-order valence-electron chi connectivity index (χ0n) is 17.8. The van der Waals surface area contributed by atoms with E-state index < -0.39 is 6.85 Å². The minimum atomic E-state index is -2.25. The first-order valence-electron chi connectivity index (χ1n) is 10.3. The summed E-state index contributed by atoms with van der Waals surface area (Å²) in [4.78, 5) is 4.30. The van der Waals surface area contributed by atoms with Gasteiger partial charge in [-0.25, -0.2) is 9.55 Å².